The van der Waals surface area contributed by atoms with E-state index in [9.17, 15) is 0 Å². The number of hydrogen-bond acceptors (Lipinski definition) is 5. The van der Waals surface area contributed by atoms with Crippen molar-refractivity contribution in [1.82, 2.24) is 34.3 Å². The Morgan fingerprint density at radius 2 is 1.87 bits per heavy atom. The third kappa shape index (κ3) is 3.03. The number of aryl methyl sites for hydroxylation is 5. The number of aromatic nitrogens is 7. The van der Waals surface area contributed by atoms with Gasteiger partial charge in [0.05, 0.1) is 11.4 Å². The number of nitrogens with zero attached hydrogens (tertiary/aromatic N) is 7. The van der Waals surface area contributed by atoms with Crippen LogP contribution < -0.4 is 0 Å². The molecule has 3 aromatic rings. The maximum Gasteiger partial charge on any atom is 0.177 e. The number of allylic oxidation sites excluding steroid dienone is 2. The van der Waals surface area contributed by atoms with Gasteiger partial charge < -0.3 is 0 Å². The first-order valence-corrected chi connectivity index (χ1v) is 7.45. The van der Waals surface area contributed by atoms with E-state index in [1.165, 1.54) is 0 Å². The van der Waals surface area contributed by atoms with Crippen molar-refractivity contribution in [1.29, 1.82) is 0 Å². The van der Waals surface area contributed by atoms with Gasteiger partial charge in [0.1, 0.15) is 0 Å². The standard InChI is InChI=1S/C16H19N7/c1-5-6-7-15-18-13(20-22(15)4)8-9-14-19-16-12(3)17-10-11(2)23(16)21-14/h5-7,10H,1,8-9H2,2-4H3/b7-6-. The summed E-state index contributed by atoms with van der Waals surface area (Å²) in [4.78, 5) is 13.4. The molecule has 3 aromatic heterocycles. The normalized spacial score (nSPS) is 11.6. The molecule has 0 aliphatic rings. The van der Waals surface area contributed by atoms with Gasteiger partial charge in [0.2, 0.25) is 0 Å². The maximum absolute atomic E-state index is 4.57. The lowest BCUT2D eigenvalue weighted by Crippen LogP contribution is -1.99. The summed E-state index contributed by atoms with van der Waals surface area (Å²) in [7, 11) is 1.88. The predicted molar refractivity (Wildman–Crippen MR) is 87.9 cm³/mol. The summed E-state index contributed by atoms with van der Waals surface area (Å²) in [5.41, 5.74) is 2.66. The van der Waals surface area contributed by atoms with Gasteiger partial charge in [-0.1, -0.05) is 18.7 Å². The molecule has 7 heteroatoms. The zero-order valence-corrected chi connectivity index (χ0v) is 13.6. The van der Waals surface area contributed by atoms with Crippen molar-refractivity contribution >= 4 is 11.7 Å². The van der Waals surface area contributed by atoms with Gasteiger partial charge in [0.25, 0.3) is 0 Å². The molecule has 0 atom stereocenters. The molecule has 0 aromatic carbocycles. The predicted octanol–water partition coefficient (Wildman–Crippen LogP) is 1.85. The van der Waals surface area contributed by atoms with Crippen molar-refractivity contribution in [2.75, 3.05) is 0 Å². The van der Waals surface area contributed by atoms with Crippen molar-refractivity contribution in [3.05, 3.63) is 53.8 Å². The van der Waals surface area contributed by atoms with E-state index in [4.69, 9.17) is 0 Å². The lowest BCUT2D eigenvalue weighted by Gasteiger charge is -1.97. The van der Waals surface area contributed by atoms with Gasteiger partial charge in [0, 0.05) is 26.1 Å². The monoisotopic (exact) mass is 309 g/mol. The summed E-state index contributed by atoms with van der Waals surface area (Å²) in [5.74, 6) is 2.36. The van der Waals surface area contributed by atoms with Crippen LogP contribution in [0.5, 0.6) is 0 Å². The fourth-order valence-electron chi connectivity index (χ4n) is 2.32. The molecular weight excluding hydrogens is 290 g/mol. The van der Waals surface area contributed by atoms with Gasteiger partial charge in [0.15, 0.2) is 23.1 Å². The molecule has 7 nitrogen and oxygen atoms in total. The van der Waals surface area contributed by atoms with Crippen LogP contribution in [0.25, 0.3) is 11.7 Å². The fourth-order valence-corrected chi connectivity index (χ4v) is 2.32. The number of rotatable bonds is 5. The molecule has 0 spiro atoms. The van der Waals surface area contributed by atoms with Gasteiger partial charge >= 0.3 is 0 Å². The lowest BCUT2D eigenvalue weighted by atomic mass is 10.3. The van der Waals surface area contributed by atoms with Gasteiger partial charge in [-0.25, -0.2) is 19.2 Å². The fraction of sp³-hybridized carbons (Fsp3) is 0.312. The minimum Gasteiger partial charge on any atom is -0.256 e. The Bertz CT molecular complexity index is 846. The molecule has 0 unspecified atom stereocenters. The van der Waals surface area contributed by atoms with Gasteiger partial charge in [-0.3, -0.25) is 4.98 Å². The first kappa shape index (κ1) is 15.1. The van der Waals surface area contributed by atoms with Crippen LogP contribution in [-0.2, 0) is 19.9 Å². The topological polar surface area (TPSA) is 73.8 Å². The van der Waals surface area contributed by atoms with Crippen molar-refractivity contribution < 1.29 is 0 Å². The van der Waals surface area contributed by atoms with E-state index in [-0.39, 0.29) is 0 Å². The quantitative estimate of drug-likeness (QED) is 0.673. The van der Waals surface area contributed by atoms with Crippen LogP contribution >= 0.6 is 0 Å². The van der Waals surface area contributed by atoms with E-state index >= 15 is 0 Å². The number of hydrogen-bond donors (Lipinski definition) is 0. The molecular formula is C16H19N7. The molecule has 0 fully saturated rings. The third-order valence-corrected chi connectivity index (χ3v) is 3.55. The second-order valence-electron chi connectivity index (χ2n) is 5.35. The SMILES string of the molecule is C=C/C=C\c1nc(CCc2nc3c(C)ncc(C)n3n2)nn1C. The second-order valence-corrected chi connectivity index (χ2v) is 5.35. The highest BCUT2D eigenvalue weighted by molar-refractivity contribution is 5.43. The van der Waals surface area contributed by atoms with E-state index in [1.54, 1.807) is 17.0 Å². The van der Waals surface area contributed by atoms with Crippen molar-refractivity contribution in [3.63, 3.8) is 0 Å². The highest BCUT2D eigenvalue weighted by Gasteiger charge is 2.11. The Morgan fingerprint density at radius 1 is 1.13 bits per heavy atom. The van der Waals surface area contributed by atoms with E-state index in [2.05, 4.69) is 31.7 Å². The molecule has 118 valence electrons. The Morgan fingerprint density at radius 3 is 2.57 bits per heavy atom. The van der Waals surface area contributed by atoms with Crippen molar-refractivity contribution in [2.24, 2.45) is 7.05 Å². The summed E-state index contributed by atoms with van der Waals surface area (Å²) in [6.07, 6.45) is 8.63. The Kier molecular flexibility index (Phi) is 4.01. The Balaban J connectivity index is 1.78. The molecule has 3 heterocycles. The largest absolute Gasteiger partial charge is 0.256 e. The minimum atomic E-state index is 0.690. The summed E-state index contributed by atoms with van der Waals surface area (Å²) in [5, 5.41) is 8.96. The molecule has 3 rings (SSSR count). The molecule has 0 N–H and O–H groups in total. The Labute approximate surface area is 134 Å². The molecule has 0 saturated heterocycles. The second kappa shape index (κ2) is 6.12. The van der Waals surface area contributed by atoms with Crippen LogP contribution in [0.15, 0.2) is 24.9 Å². The van der Waals surface area contributed by atoms with E-state index < -0.39 is 0 Å². The molecule has 0 radical (unpaired) electrons. The molecule has 0 amide bonds. The van der Waals surface area contributed by atoms with Crippen LogP contribution in [0.2, 0.25) is 0 Å². The summed E-state index contributed by atoms with van der Waals surface area (Å²) in [6.45, 7) is 7.56. The van der Waals surface area contributed by atoms with Crippen molar-refractivity contribution in [3.8, 4) is 0 Å². The van der Waals surface area contributed by atoms with Crippen molar-refractivity contribution in [2.45, 2.75) is 26.7 Å². The lowest BCUT2D eigenvalue weighted by molar-refractivity contribution is 0.723. The summed E-state index contributed by atoms with van der Waals surface area (Å²) in [6, 6.07) is 0. The van der Waals surface area contributed by atoms with Gasteiger partial charge in [-0.05, 0) is 19.9 Å². The first-order valence-electron chi connectivity index (χ1n) is 7.45. The molecule has 0 saturated carbocycles. The molecule has 0 aliphatic heterocycles. The molecule has 23 heavy (non-hydrogen) atoms. The summed E-state index contributed by atoms with van der Waals surface area (Å²) < 4.78 is 3.59. The molecule has 0 bridgehead atoms. The van der Waals surface area contributed by atoms with E-state index in [0.29, 0.717) is 12.8 Å². The van der Waals surface area contributed by atoms with Crippen LogP contribution in [-0.4, -0.2) is 34.3 Å². The van der Waals surface area contributed by atoms with E-state index in [1.807, 2.05) is 37.6 Å². The maximum atomic E-state index is 4.57. The highest BCUT2D eigenvalue weighted by atomic mass is 15.3. The van der Waals surface area contributed by atoms with Gasteiger partial charge in [-0.15, -0.1) is 0 Å². The zero-order chi connectivity index (χ0) is 16.4. The average molecular weight is 309 g/mol. The molecule has 0 aliphatic carbocycles. The third-order valence-electron chi connectivity index (χ3n) is 3.55. The summed E-state index contributed by atoms with van der Waals surface area (Å²) >= 11 is 0. The van der Waals surface area contributed by atoms with Gasteiger partial charge in [-0.2, -0.15) is 10.2 Å². The highest BCUT2D eigenvalue weighted by Crippen LogP contribution is 2.09. The zero-order valence-electron chi connectivity index (χ0n) is 13.6. The van der Waals surface area contributed by atoms with Crippen LogP contribution in [0, 0.1) is 13.8 Å². The minimum absolute atomic E-state index is 0.690. The van der Waals surface area contributed by atoms with E-state index in [0.717, 1.165) is 34.5 Å². The Hall–Kier alpha value is -2.83. The van der Waals surface area contributed by atoms with Crippen LogP contribution in [0.1, 0.15) is 28.9 Å². The van der Waals surface area contributed by atoms with Crippen LogP contribution in [0.3, 0.4) is 0 Å². The smallest absolute Gasteiger partial charge is 0.177 e. The average Bonchev–Trinajstić information content (AvgIpc) is 3.11. The number of fused-ring (bicyclic) bond motifs is 1. The first-order chi connectivity index (χ1) is 11.1. The van der Waals surface area contributed by atoms with Crippen LogP contribution in [0.4, 0.5) is 0 Å².